The number of benzene rings is 2. The third kappa shape index (κ3) is 5.58. The van der Waals surface area contributed by atoms with Crippen LogP contribution in [-0.2, 0) is 17.8 Å². The summed E-state index contributed by atoms with van der Waals surface area (Å²) in [5, 5.41) is 22.0. The number of hydrogen-bond donors (Lipinski definition) is 1. The first kappa shape index (κ1) is 20.8. The van der Waals surface area contributed by atoms with Crippen LogP contribution in [0.5, 0.6) is 0 Å². The molecule has 0 saturated carbocycles. The molecule has 1 atom stereocenters. The first-order chi connectivity index (χ1) is 14.8. The van der Waals surface area contributed by atoms with Crippen LogP contribution in [0, 0.1) is 0 Å². The summed E-state index contributed by atoms with van der Waals surface area (Å²) in [6.07, 6.45) is 0.142. The molecule has 0 fully saturated rings. The van der Waals surface area contributed by atoms with Crippen molar-refractivity contribution >= 4 is 23.1 Å². The number of aliphatic hydroxyl groups excluding tert-OH is 1. The van der Waals surface area contributed by atoms with Gasteiger partial charge in [0.1, 0.15) is 5.82 Å². The second-order valence-corrected chi connectivity index (χ2v) is 8.81. The molecule has 0 spiro atoms. The third-order valence-electron chi connectivity index (χ3n) is 4.45. The highest BCUT2D eigenvalue weighted by Gasteiger charge is 2.17. The van der Waals surface area contributed by atoms with E-state index >= 15 is 0 Å². The molecule has 1 unspecified atom stereocenters. The van der Waals surface area contributed by atoms with Crippen LogP contribution >= 0.6 is 23.1 Å². The van der Waals surface area contributed by atoms with Crippen molar-refractivity contribution in [3.63, 3.8) is 0 Å². The zero-order valence-electron chi connectivity index (χ0n) is 16.4. The van der Waals surface area contributed by atoms with Gasteiger partial charge in [0.05, 0.1) is 19.3 Å². The molecule has 1 N–H and O–H groups in total. The van der Waals surface area contributed by atoms with Gasteiger partial charge in [-0.25, -0.2) is 0 Å². The molecule has 0 aliphatic heterocycles. The minimum Gasteiger partial charge on any atom is -0.390 e. The summed E-state index contributed by atoms with van der Waals surface area (Å²) < 4.78 is 7.73. The van der Waals surface area contributed by atoms with Crippen LogP contribution in [0.15, 0.2) is 83.3 Å². The van der Waals surface area contributed by atoms with Gasteiger partial charge in [-0.05, 0) is 29.1 Å². The van der Waals surface area contributed by atoms with E-state index in [2.05, 4.69) is 26.2 Å². The van der Waals surface area contributed by atoms with Crippen molar-refractivity contribution < 1.29 is 9.84 Å². The van der Waals surface area contributed by atoms with E-state index in [0.29, 0.717) is 12.4 Å². The quantitative estimate of drug-likeness (QED) is 0.368. The van der Waals surface area contributed by atoms with Crippen LogP contribution in [-0.4, -0.2) is 38.3 Å². The highest BCUT2D eigenvalue weighted by atomic mass is 32.2. The lowest BCUT2D eigenvalue weighted by Gasteiger charge is -2.13. The maximum atomic E-state index is 10.4. The van der Waals surface area contributed by atoms with E-state index in [1.54, 1.807) is 11.3 Å². The normalized spacial score (nSPS) is 12.2. The fourth-order valence-electron chi connectivity index (χ4n) is 3.02. The van der Waals surface area contributed by atoms with Crippen molar-refractivity contribution in [1.82, 2.24) is 14.8 Å². The van der Waals surface area contributed by atoms with Gasteiger partial charge < -0.3 is 9.84 Å². The lowest BCUT2D eigenvalue weighted by Crippen LogP contribution is -2.18. The molecular weight excluding hydrogens is 414 g/mol. The Kier molecular flexibility index (Phi) is 7.31. The number of aromatic nitrogens is 3. The summed E-state index contributed by atoms with van der Waals surface area (Å²) in [6.45, 7) is 0.775. The van der Waals surface area contributed by atoms with Gasteiger partial charge in [-0.15, -0.1) is 21.5 Å². The number of thiophene rings is 1. The Bertz CT molecular complexity index is 1020. The number of nitrogens with zero attached hydrogens (tertiary/aromatic N) is 3. The van der Waals surface area contributed by atoms with Gasteiger partial charge in [0.25, 0.3) is 0 Å². The Morgan fingerprint density at radius 3 is 2.47 bits per heavy atom. The summed E-state index contributed by atoms with van der Waals surface area (Å²) in [4.78, 5) is 1.24. The molecule has 0 bridgehead atoms. The summed E-state index contributed by atoms with van der Waals surface area (Å²) in [5.74, 6) is 1.37. The van der Waals surface area contributed by atoms with E-state index in [9.17, 15) is 5.11 Å². The van der Waals surface area contributed by atoms with E-state index in [-0.39, 0.29) is 6.61 Å². The molecule has 0 aliphatic rings. The largest absolute Gasteiger partial charge is 0.390 e. The number of aliphatic hydroxyl groups is 1. The molecule has 154 valence electrons. The van der Waals surface area contributed by atoms with Crippen molar-refractivity contribution in [3.8, 4) is 5.69 Å². The van der Waals surface area contributed by atoms with Crippen LogP contribution in [0.3, 0.4) is 0 Å². The molecule has 0 saturated heterocycles. The van der Waals surface area contributed by atoms with Gasteiger partial charge in [-0.1, -0.05) is 66.4 Å². The number of rotatable bonds is 10. The fourth-order valence-corrected chi connectivity index (χ4v) is 4.60. The maximum absolute atomic E-state index is 10.4. The van der Waals surface area contributed by atoms with Crippen molar-refractivity contribution in [1.29, 1.82) is 0 Å². The van der Waals surface area contributed by atoms with Gasteiger partial charge in [0.15, 0.2) is 5.16 Å². The zero-order valence-corrected chi connectivity index (χ0v) is 18.1. The molecule has 2 heterocycles. The second kappa shape index (κ2) is 10.5. The predicted molar refractivity (Wildman–Crippen MR) is 121 cm³/mol. The summed E-state index contributed by atoms with van der Waals surface area (Å²) in [6, 6.07) is 24.2. The Balaban J connectivity index is 1.40. The Hall–Kier alpha value is -2.45. The van der Waals surface area contributed by atoms with Crippen LogP contribution < -0.4 is 0 Å². The van der Waals surface area contributed by atoms with Crippen molar-refractivity contribution in [2.75, 3.05) is 12.4 Å². The van der Waals surface area contributed by atoms with E-state index < -0.39 is 6.10 Å². The van der Waals surface area contributed by atoms with Crippen molar-refractivity contribution in [2.24, 2.45) is 0 Å². The first-order valence-corrected chi connectivity index (χ1v) is 11.6. The minimum atomic E-state index is -0.583. The van der Waals surface area contributed by atoms with Crippen molar-refractivity contribution in [2.45, 2.75) is 24.3 Å². The van der Waals surface area contributed by atoms with Crippen molar-refractivity contribution in [3.05, 3.63) is 94.4 Å². The molecule has 0 amide bonds. The lowest BCUT2D eigenvalue weighted by molar-refractivity contribution is 0.0398. The summed E-state index contributed by atoms with van der Waals surface area (Å²) >= 11 is 3.20. The molecule has 30 heavy (non-hydrogen) atoms. The SMILES string of the molecule is OC(COCc1ccccc1)CSc1nnc(Cc2cccs2)n1-c1ccccc1. The second-order valence-electron chi connectivity index (χ2n) is 6.79. The fraction of sp³-hybridized carbons (Fsp3) is 0.217. The highest BCUT2D eigenvalue weighted by molar-refractivity contribution is 7.99. The monoisotopic (exact) mass is 437 g/mol. The molecule has 7 heteroatoms. The van der Waals surface area contributed by atoms with E-state index in [0.717, 1.165) is 28.7 Å². The smallest absolute Gasteiger partial charge is 0.195 e. The minimum absolute atomic E-state index is 0.281. The first-order valence-electron chi connectivity index (χ1n) is 9.74. The standard InChI is InChI=1S/C23H23N3O2S2/c27-20(16-28-15-18-8-3-1-4-9-18)17-30-23-25-24-22(14-21-12-7-13-29-21)26(23)19-10-5-2-6-11-19/h1-13,20,27H,14-17H2. The van der Waals surface area contributed by atoms with Crippen LogP contribution in [0.1, 0.15) is 16.3 Å². The van der Waals surface area contributed by atoms with Gasteiger partial charge in [-0.2, -0.15) is 0 Å². The Morgan fingerprint density at radius 2 is 1.73 bits per heavy atom. The molecule has 0 radical (unpaired) electrons. The van der Waals surface area contributed by atoms with E-state index in [1.807, 2.05) is 66.7 Å². The highest BCUT2D eigenvalue weighted by Crippen LogP contribution is 2.25. The maximum Gasteiger partial charge on any atom is 0.195 e. The average molecular weight is 438 g/mol. The van der Waals surface area contributed by atoms with Gasteiger partial charge >= 0.3 is 0 Å². The Morgan fingerprint density at radius 1 is 0.967 bits per heavy atom. The van der Waals surface area contributed by atoms with E-state index in [1.165, 1.54) is 16.6 Å². The Labute approximate surface area is 184 Å². The summed E-state index contributed by atoms with van der Waals surface area (Å²) in [7, 11) is 0. The molecule has 4 rings (SSSR count). The average Bonchev–Trinajstić information content (AvgIpc) is 3.44. The van der Waals surface area contributed by atoms with Gasteiger partial charge in [0.2, 0.25) is 0 Å². The molecule has 0 aliphatic carbocycles. The predicted octanol–water partition coefficient (Wildman–Crippen LogP) is 4.59. The topological polar surface area (TPSA) is 60.2 Å². The summed E-state index contributed by atoms with van der Waals surface area (Å²) in [5.41, 5.74) is 2.12. The van der Waals surface area contributed by atoms with Crippen LogP contribution in [0.25, 0.3) is 5.69 Å². The molecule has 4 aromatic rings. The third-order valence-corrected chi connectivity index (χ3v) is 6.40. The molecule has 2 aromatic carbocycles. The molecule has 2 aromatic heterocycles. The zero-order chi connectivity index (χ0) is 20.6. The van der Waals surface area contributed by atoms with E-state index in [4.69, 9.17) is 4.74 Å². The number of hydrogen-bond acceptors (Lipinski definition) is 6. The molecular formula is C23H23N3O2S2. The van der Waals surface area contributed by atoms with Crippen LogP contribution in [0.4, 0.5) is 0 Å². The number of ether oxygens (including phenoxy) is 1. The van der Waals surface area contributed by atoms with Crippen LogP contribution in [0.2, 0.25) is 0 Å². The number of para-hydroxylation sites is 1. The van der Waals surface area contributed by atoms with Gasteiger partial charge in [-0.3, -0.25) is 4.57 Å². The van der Waals surface area contributed by atoms with Gasteiger partial charge in [0, 0.05) is 22.7 Å². The number of thioether (sulfide) groups is 1. The lowest BCUT2D eigenvalue weighted by atomic mass is 10.2. The molecule has 5 nitrogen and oxygen atoms in total.